The molecule has 0 radical (unpaired) electrons. The van der Waals surface area contributed by atoms with Crippen molar-refractivity contribution in [3.05, 3.63) is 199 Å². The van der Waals surface area contributed by atoms with E-state index in [0.29, 0.717) is 0 Å². The molecule has 254 valence electrons. The zero-order chi connectivity index (χ0) is 35.6. The van der Waals surface area contributed by atoms with Crippen LogP contribution in [0.4, 0.5) is 0 Å². The lowest BCUT2D eigenvalue weighted by Crippen LogP contribution is -2.04. The lowest BCUT2D eigenvalue weighted by atomic mass is 9.90. The Morgan fingerprint density at radius 1 is 0.426 bits per heavy atom. The summed E-state index contributed by atoms with van der Waals surface area (Å²) in [5.41, 5.74) is 17.1. The van der Waals surface area contributed by atoms with Crippen LogP contribution in [0.5, 0.6) is 0 Å². The van der Waals surface area contributed by atoms with Crippen LogP contribution < -0.4 is 0 Å². The monoisotopic (exact) mass is 689 g/mol. The molecule has 11 rings (SSSR count). The Bertz CT molecular complexity index is 3020. The van der Waals surface area contributed by atoms with Crippen LogP contribution in [0, 0.1) is 0 Å². The summed E-state index contributed by atoms with van der Waals surface area (Å²) in [5, 5.41) is 4.97. The van der Waals surface area contributed by atoms with Crippen molar-refractivity contribution in [3.8, 4) is 33.6 Å². The lowest BCUT2D eigenvalue weighted by molar-refractivity contribution is 0.981. The number of hydrogen-bond donors (Lipinski definition) is 0. The van der Waals surface area contributed by atoms with E-state index in [4.69, 9.17) is 4.98 Å². The highest BCUT2D eigenvalue weighted by Crippen LogP contribution is 2.43. The molecule has 0 amide bonds. The molecule has 0 N–H and O–H groups in total. The summed E-state index contributed by atoms with van der Waals surface area (Å²) in [4.78, 5) is 4.99. The second kappa shape index (κ2) is 12.3. The van der Waals surface area contributed by atoms with Crippen molar-refractivity contribution < 1.29 is 0 Å². The van der Waals surface area contributed by atoms with E-state index in [-0.39, 0.29) is 0 Å². The zero-order valence-corrected chi connectivity index (χ0v) is 29.7. The van der Waals surface area contributed by atoms with Gasteiger partial charge >= 0.3 is 0 Å². The average molecular weight is 690 g/mol. The second-order valence-corrected chi connectivity index (χ2v) is 14.3. The molecule has 3 heterocycles. The van der Waals surface area contributed by atoms with Gasteiger partial charge in [-0.1, -0.05) is 115 Å². The predicted octanol–water partition coefficient (Wildman–Crippen LogP) is 13.1. The van der Waals surface area contributed by atoms with Crippen molar-refractivity contribution in [2.24, 2.45) is 0 Å². The van der Waals surface area contributed by atoms with Crippen molar-refractivity contribution in [2.45, 2.75) is 12.8 Å². The number of fused-ring (bicyclic) bond motifs is 8. The second-order valence-electron chi connectivity index (χ2n) is 14.3. The summed E-state index contributed by atoms with van der Waals surface area (Å²) in [6.07, 6.45) is 6.29. The van der Waals surface area contributed by atoms with E-state index < -0.39 is 0 Å². The van der Waals surface area contributed by atoms with Crippen molar-refractivity contribution in [3.63, 3.8) is 0 Å². The van der Waals surface area contributed by atoms with Crippen LogP contribution >= 0.6 is 0 Å². The van der Waals surface area contributed by atoms with E-state index in [1.165, 1.54) is 88.4 Å². The van der Waals surface area contributed by atoms with Gasteiger partial charge in [0.1, 0.15) is 0 Å². The molecule has 0 atom stereocenters. The molecule has 1 aliphatic rings. The summed E-state index contributed by atoms with van der Waals surface area (Å²) in [7, 11) is 0. The van der Waals surface area contributed by atoms with Gasteiger partial charge in [-0.2, -0.15) is 0 Å². The molecule has 0 bridgehead atoms. The molecule has 0 saturated heterocycles. The predicted molar refractivity (Wildman–Crippen MR) is 226 cm³/mol. The number of aromatic nitrogens is 3. The molecule has 3 heteroatoms. The summed E-state index contributed by atoms with van der Waals surface area (Å²) >= 11 is 0. The van der Waals surface area contributed by atoms with Crippen LogP contribution in [0.3, 0.4) is 0 Å². The van der Waals surface area contributed by atoms with Gasteiger partial charge in [-0.25, -0.2) is 0 Å². The fourth-order valence-electron chi connectivity index (χ4n) is 8.78. The first-order chi connectivity index (χ1) is 26.8. The SMILES string of the molecule is C1=C(c2ccc3c(c2)c2ccccc2n3-c2ccccc2)CCc2c1n(-c1cc(-c3ccccc3)cc(-c3ccccc3)c1)c1ccc3cccnc3c21. The number of aryl methyl sites for hydroxylation is 1. The van der Waals surface area contributed by atoms with Gasteiger partial charge < -0.3 is 9.13 Å². The average Bonchev–Trinajstić information content (AvgIpc) is 3.77. The van der Waals surface area contributed by atoms with Crippen molar-refractivity contribution in [2.75, 3.05) is 0 Å². The van der Waals surface area contributed by atoms with E-state index in [0.717, 1.165) is 24.0 Å². The largest absolute Gasteiger partial charge is 0.309 e. The van der Waals surface area contributed by atoms with Gasteiger partial charge in [0.25, 0.3) is 0 Å². The smallest absolute Gasteiger partial charge is 0.0798 e. The number of pyridine rings is 1. The maximum absolute atomic E-state index is 4.99. The van der Waals surface area contributed by atoms with Gasteiger partial charge in [0.15, 0.2) is 0 Å². The Balaban J connectivity index is 1.16. The van der Waals surface area contributed by atoms with E-state index in [2.05, 4.69) is 185 Å². The molecule has 0 aliphatic heterocycles. The van der Waals surface area contributed by atoms with Crippen LogP contribution in [-0.2, 0) is 6.42 Å². The summed E-state index contributed by atoms with van der Waals surface area (Å²) in [5.74, 6) is 0. The van der Waals surface area contributed by atoms with Crippen molar-refractivity contribution >= 4 is 55.3 Å². The molecule has 10 aromatic rings. The van der Waals surface area contributed by atoms with Crippen LogP contribution in [0.15, 0.2) is 182 Å². The number of nitrogens with zero attached hydrogens (tertiary/aromatic N) is 3. The van der Waals surface area contributed by atoms with Crippen LogP contribution in [0.1, 0.15) is 23.2 Å². The van der Waals surface area contributed by atoms with Gasteiger partial charge in [0, 0.05) is 39.1 Å². The van der Waals surface area contributed by atoms with Gasteiger partial charge in [-0.05, 0) is 119 Å². The summed E-state index contributed by atoms with van der Waals surface area (Å²) < 4.78 is 4.89. The molecule has 0 unspecified atom stereocenters. The standard InChI is InChI=1S/C51H35N3/c1-4-13-34(14-5-1)39-29-40(35-15-6-2-7-16-35)31-42(30-39)54-48-27-23-36-17-12-28-52-51(36)50(48)44-25-22-38(33-49(44)54)37-24-26-47-45(32-37)43-20-10-11-21-46(43)53(47)41-18-8-3-9-19-41/h1-21,23-24,26-33H,22,25H2. The van der Waals surface area contributed by atoms with Crippen LogP contribution in [0.25, 0.3) is 88.9 Å². The molecule has 3 aromatic heterocycles. The summed E-state index contributed by atoms with van der Waals surface area (Å²) in [6, 6.07) is 63.8. The maximum atomic E-state index is 4.99. The Labute approximate surface area is 313 Å². The van der Waals surface area contributed by atoms with Gasteiger partial charge in [-0.15, -0.1) is 0 Å². The molecular formula is C51H35N3. The number of allylic oxidation sites excluding steroid dienone is 1. The van der Waals surface area contributed by atoms with E-state index in [1.54, 1.807) is 0 Å². The Morgan fingerprint density at radius 3 is 1.85 bits per heavy atom. The number of para-hydroxylation sites is 2. The Kier molecular flexibility index (Phi) is 6.99. The van der Waals surface area contributed by atoms with Gasteiger partial charge in [-0.3, -0.25) is 4.98 Å². The maximum Gasteiger partial charge on any atom is 0.0798 e. The molecule has 1 aliphatic carbocycles. The minimum Gasteiger partial charge on any atom is -0.309 e. The highest BCUT2D eigenvalue weighted by molar-refractivity contribution is 6.12. The van der Waals surface area contributed by atoms with Crippen molar-refractivity contribution in [1.82, 2.24) is 14.1 Å². The normalized spacial score (nSPS) is 12.8. The molecule has 7 aromatic carbocycles. The van der Waals surface area contributed by atoms with E-state index in [1.807, 2.05) is 12.3 Å². The van der Waals surface area contributed by atoms with Gasteiger partial charge in [0.2, 0.25) is 0 Å². The molecule has 0 spiro atoms. The molecule has 0 saturated carbocycles. The molecule has 3 nitrogen and oxygen atoms in total. The zero-order valence-electron chi connectivity index (χ0n) is 29.7. The fourth-order valence-corrected chi connectivity index (χ4v) is 8.78. The quantitative estimate of drug-likeness (QED) is 0.176. The van der Waals surface area contributed by atoms with Crippen LogP contribution in [-0.4, -0.2) is 14.1 Å². The third kappa shape index (κ3) is 4.86. The third-order valence-electron chi connectivity index (χ3n) is 11.2. The minimum absolute atomic E-state index is 0.939. The minimum atomic E-state index is 0.939. The first-order valence-corrected chi connectivity index (χ1v) is 18.8. The Morgan fingerprint density at radius 2 is 1.09 bits per heavy atom. The topological polar surface area (TPSA) is 22.8 Å². The molecular weight excluding hydrogens is 655 g/mol. The fraction of sp³-hybridized carbons (Fsp3) is 0.0392. The van der Waals surface area contributed by atoms with E-state index in [9.17, 15) is 0 Å². The third-order valence-corrected chi connectivity index (χ3v) is 11.2. The molecule has 54 heavy (non-hydrogen) atoms. The lowest BCUT2D eigenvalue weighted by Gasteiger charge is -2.19. The Hall–Kier alpha value is -6.97. The first kappa shape index (κ1) is 30.6. The van der Waals surface area contributed by atoms with E-state index >= 15 is 0 Å². The summed E-state index contributed by atoms with van der Waals surface area (Å²) in [6.45, 7) is 0. The van der Waals surface area contributed by atoms with Crippen LogP contribution in [0.2, 0.25) is 0 Å². The first-order valence-electron chi connectivity index (χ1n) is 18.8. The number of benzene rings is 7. The highest BCUT2D eigenvalue weighted by atomic mass is 15.0. The number of rotatable bonds is 5. The highest BCUT2D eigenvalue weighted by Gasteiger charge is 2.25. The molecule has 0 fully saturated rings. The van der Waals surface area contributed by atoms with Crippen molar-refractivity contribution in [1.29, 1.82) is 0 Å². The number of hydrogen-bond acceptors (Lipinski definition) is 1. The van der Waals surface area contributed by atoms with Gasteiger partial charge in [0.05, 0.1) is 27.8 Å².